The van der Waals surface area contributed by atoms with E-state index in [2.05, 4.69) is 18.3 Å². The molecule has 1 aliphatic rings. The third-order valence-corrected chi connectivity index (χ3v) is 4.30. The number of hydrogen-bond acceptors (Lipinski definition) is 3. The van der Waals surface area contributed by atoms with Crippen LogP contribution in [0.1, 0.15) is 43.0 Å². The van der Waals surface area contributed by atoms with E-state index in [0.29, 0.717) is 6.04 Å². The van der Waals surface area contributed by atoms with E-state index >= 15 is 0 Å². The number of hydrogen-bond donors (Lipinski definition) is 1. The molecule has 1 saturated carbocycles. The second-order valence-electron chi connectivity index (χ2n) is 4.75. The number of nitrogens with one attached hydrogen (secondary N) is 1. The van der Waals surface area contributed by atoms with Crippen LogP contribution in [-0.2, 0) is 6.54 Å². The molecule has 0 aliphatic heterocycles. The molecule has 1 aliphatic carbocycles. The Morgan fingerprint density at radius 3 is 2.81 bits per heavy atom. The molecule has 1 aromatic heterocycles. The fourth-order valence-corrected chi connectivity index (χ4v) is 3.00. The molecule has 0 amide bonds. The molecule has 0 saturated heterocycles. The van der Waals surface area contributed by atoms with Crippen molar-refractivity contribution in [1.29, 1.82) is 5.26 Å². The molecule has 0 spiro atoms. The Hall–Kier alpha value is -0.850. The van der Waals surface area contributed by atoms with Gasteiger partial charge in [0.1, 0.15) is 6.07 Å². The van der Waals surface area contributed by atoms with E-state index in [9.17, 15) is 0 Å². The molecule has 1 heterocycles. The quantitative estimate of drug-likeness (QED) is 0.871. The summed E-state index contributed by atoms with van der Waals surface area (Å²) in [6, 6.07) is 4.85. The molecule has 86 valence electrons. The van der Waals surface area contributed by atoms with Crippen LogP contribution < -0.4 is 5.32 Å². The minimum atomic E-state index is 0.684. The summed E-state index contributed by atoms with van der Waals surface area (Å²) in [7, 11) is 0. The van der Waals surface area contributed by atoms with Crippen molar-refractivity contribution < 1.29 is 0 Å². The summed E-state index contributed by atoms with van der Waals surface area (Å²) in [5, 5.41) is 14.3. The van der Waals surface area contributed by atoms with Crippen molar-refractivity contribution in [2.24, 2.45) is 5.92 Å². The summed E-state index contributed by atoms with van der Waals surface area (Å²) < 4.78 is 0. The van der Waals surface area contributed by atoms with Crippen molar-refractivity contribution in [1.82, 2.24) is 5.32 Å². The highest BCUT2D eigenvalue weighted by Gasteiger charge is 2.17. The third kappa shape index (κ3) is 3.07. The third-order valence-electron chi connectivity index (χ3n) is 3.36. The summed E-state index contributed by atoms with van der Waals surface area (Å²) in [5.74, 6) is 0.907. The van der Waals surface area contributed by atoms with Crippen molar-refractivity contribution in [3.05, 3.63) is 21.9 Å². The predicted molar refractivity (Wildman–Crippen MR) is 67.3 cm³/mol. The van der Waals surface area contributed by atoms with Crippen molar-refractivity contribution in [2.75, 3.05) is 0 Å². The molecule has 0 aromatic carbocycles. The van der Waals surface area contributed by atoms with E-state index in [1.807, 2.05) is 11.4 Å². The van der Waals surface area contributed by atoms with Gasteiger partial charge in [0.15, 0.2) is 0 Å². The van der Waals surface area contributed by atoms with Crippen molar-refractivity contribution in [2.45, 2.75) is 45.2 Å². The predicted octanol–water partition coefficient (Wildman–Crippen LogP) is 3.29. The van der Waals surface area contributed by atoms with Gasteiger partial charge >= 0.3 is 0 Å². The van der Waals surface area contributed by atoms with Gasteiger partial charge in [-0.3, -0.25) is 0 Å². The second-order valence-corrected chi connectivity index (χ2v) is 5.75. The lowest BCUT2D eigenvalue weighted by Crippen LogP contribution is -2.31. The fraction of sp³-hybridized carbons (Fsp3) is 0.615. The minimum absolute atomic E-state index is 0.684. The van der Waals surface area contributed by atoms with Crippen molar-refractivity contribution in [3.8, 4) is 6.07 Å². The molecular weight excluding hydrogens is 216 g/mol. The fourth-order valence-electron chi connectivity index (χ4n) is 2.24. The normalized spacial score (nSPS) is 25.2. The van der Waals surface area contributed by atoms with Crippen LogP contribution >= 0.6 is 11.3 Å². The zero-order valence-electron chi connectivity index (χ0n) is 9.70. The van der Waals surface area contributed by atoms with Crippen LogP contribution in [0.2, 0.25) is 0 Å². The van der Waals surface area contributed by atoms with Gasteiger partial charge in [-0.05, 0) is 37.7 Å². The first-order valence-electron chi connectivity index (χ1n) is 5.99. The van der Waals surface area contributed by atoms with Crippen molar-refractivity contribution in [3.63, 3.8) is 0 Å². The highest BCUT2D eigenvalue weighted by molar-refractivity contribution is 7.10. The lowest BCUT2D eigenvalue weighted by Gasteiger charge is -2.26. The number of rotatable bonds is 3. The molecule has 2 nitrogen and oxygen atoms in total. The van der Waals surface area contributed by atoms with Gasteiger partial charge in [0.25, 0.3) is 0 Å². The van der Waals surface area contributed by atoms with Gasteiger partial charge < -0.3 is 5.32 Å². The van der Waals surface area contributed by atoms with E-state index in [1.54, 1.807) is 11.3 Å². The van der Waals surface area contributed by atoms with Crippen LogP contribution in [0.3, 0.4) is 0 Å². The Balaban J connectivity index is 1.77. The monoisotopic (exact) mass is 234 g/mol. The summed E-state index contributed by atoms with van der Waals surface area (Å²) in [6.07, 6.45) is 5.31. The molecular formula is C13H18N2S. The van der Waals surface area contributed by atoms with Gasteiger partial charge in [-0.2, -0.15) is 5.26 Å². The number of nitriles is 1. The van der Waals surface area contributed by atoms with E-state index in [1.165, 1.54) is 30.6 Å². The molecule has 1 fully saturated rings. The molecule has 1 N–H and O–H groups in total. The van der Waals surface area contributed by atoms with E-state index < -0.39 is 0 Å². The zero-order valence-corrected chi connectivity index (χ0v) is 10.5. The molecule has 3 heteroatoms. The van der Waals surface area contributed by atoms with E-state index in [0.717, 1.165) is 18.0 Å². The molecule has 2 rings (SSSR count). The van der Waals surface area contributed by atoms with Crippen LogP contribution in [0, 0.1) is 17.2 Å². The maximum Gasteiger partial charge on any atom is 0.100 e. The Labute approximate surface area is 101 Å². The Bertz CT molecular complexity index is 370. The minimum Gasteiger partial charge on any atom is -0.309 e. The lowest BCUT2D eigenvalue weighted by atomic mass is 9.87. The summed E-state index contributed by atoms with van der Waals surface area (Å²) in [5.41, 5.74) is 0.791. The highest BCUT2D eigenvalue weighted by Crippen LogP contribution is 2.24. The molecule has 0 radical (unpaired) electrons. The van der Waals surface area contributed by atoms with Gasteiger partial charge in [-0.15, -0.1) is 11.3 Å². The maximum absolute atomic E-state index is 8.73. The zero-order chi connectivity index (χ0) is 11.4. The van der Waals surface area contributed by atoms with Gasteiger partial charge in [0.2, 0.25) is 0 Å². The molecule has 16 heavy (non-hydrogen) atoms. The van der Waals surface area contributed by atoms with E-state index in [4.69, 9.17) is 5.26 Å². The van der Waals surface area contributed by atoms with Crippen LogP contribution in [0.15, 0.2) is 11.4 Å². The first-order chi connectivity index (χ1) is 7.78. The average Bonchev–Trinajstić information content (AvgIpc) is 2.76. The van der Waals surface area contributed by atoms with Crippen LogP contribution in [0.5, 0.6) is 0 Å². The van der Waals surface area contributed by atoms with Gasteiger partial charge in [0.05, 0.1) is 5.56 Å². The first kappa shape index (κ1) is 11.6. The number of nitrogens with zero attached hydrogens (tertiary/aromatic N) is 1. The summed E-state index contributed by atoms with van der Waals surface area (Å²) in [4.78, 5) is 1.27. The topological polar surface area (TPSA) is 35.8 Å². The lowest BCUT2D eigenvalue weighted by molar-refractivity contribution is 0.307. The van der Waals surface area contributed by atoms with Crippen molar-refractivity contribution >= 4 is 11.3 Å². The van der Waals surface area contributed by atoms with Crippen LogP contribution in [-0.4, -0.2) is 6.04 Å². The maximum atomic E-state index is 8.73. The highest BCUT2D eigenvalue weighted by atomic mass is 32.1. The second kappa shape index (κ2) is 5.47. The average molecular weight is 234 g/mol. The Morgan fingerprint density at radius 2 is 2.19 bits per heavy atom. The SMILES string of the molecule is CC1CCC(NCc2cc(C#N)cs2)CC1. The standard InChI is InChI=1S/C13H18N2S/c1-10-2-4-12(5-3-10)15-8-13-6-11(7-14)9-16-13/h6,9-10,12,15H,2-5,8H2,1H3. The molecule has 0 atom stereocenters. The van der Waals surface area contributed by atoms with Gasteiger partial charge in [-0.1, -0.05) is 6.92 Å². The Morgan fingerprint density at radius 1 is 1.44 bits per heavy atom. The molecule has 1 aromatic rings. The van der Waals surface area contributed by atoms with Crippen LogP contribution in [0.25, 0.3) is 0 Å². The van der Waals surface area contributed by atoms with Gasteiger partial charge in [0, 0.05) is 22.8 Å². The molecule has 0 unspecified atom stereocenters. The number of thiophene rings is 1. The van der Waals surface area contributed by atoms with E-state index in [-0.39, 0.29) is 0 Å². The largest absolute Gasteiger partial charge is 0.309 e. The van der Waals surface area contributed by atoms with Crippen LogP contribution in [0.4, 0.5) is 0 Å². The Kier molecular flexibility index (Phi) is 3.98. The van der Waals surface area contributed by atoms with Gasteiger partial charge in [-0.25, -0.2) is 0 Å². The first-order valence-corrected chi connectivity index (χ1v) is 6.87. The molecule has 0 bridgehead atoms. The summed E-state index contributed by atoms with van der Waals surface area (Å²) >= 11 is 1.68. The smallest absolute Gasteiger partial charge is 0.100 e. The summed E-state index contributed by atoms with van der Waals surface area (Å²) in [6.45, 7) is 3.26.